The summed E-state index contributed by atoms with van der Waals surface area (Å²) in [5.41, 5.74) is 3.64. The maximum atomic E-state index is 12.7. The van der Waals surface area contributed by atoms with Gasteiger partial charge in [0.2, 0.25) is 0 Å². The lowest BCUT2D eigenvalue weighted by atomic mass is 9.98. The van der Waals surface area contributed by atoms with Crippen LogP contribution in [0.4, 0.5) is 5.69 Å². The van der Waals surface area contributed by atoms with E-state index in [0.717, 1.165) is 22.3 Å². The van der Waals surface area contributed by atoms with Gasteiger partial charge in [0.05, 0.1) is 11.5 Å². The zero-order chi connectivity index (χ0) is 22.5. The number of benzene rings is 3. The number of nitro benzene ring substituents is 1. The van der Waals surface area contributed by atoms with E-state index in [1.807, 2.05) is 65.5 Å². The molecule has 0 saturated heterocycles. The highest BCUT2D eigenvalue weighted by atomic mass is 35.5. The molecule has 0 aliphatic rings. The fraction of sp³-hybridized carbons (Fsp3) is 0.0833. The third-order valence-electron chi connectivity index (χ3n) is 5.03. The van der Waals surface area contributed by atoms with Crippen LogP contribution in [0, 0.1) is 10.1 Å². The van der Waals surface area contributed by atoms with Crippen molar-refractivity contribution < 1.29 is 9.72 Å². The van der Waals surface area contributed by atoms with Gasteiger partial charge in [0.15, 0.2) is 0 Å². The van der Waals surface area contributed by atoms with Gasteiger partial charge in [0, 0.05) is 30.0 Å². The monoisotopic (exact) mass is 446 g/mol. The van der Waals surface area contributed by atoms with Crippen LogP contribution in [0.3, 0.4) is 0 Å². The van der Waals surface area contributed by atoms with Crippen molar-refractivity contribution in [3.8, 4) is 11.1 Å². The van der Waals surface area contributed by atoms with Gasteiger partial charge in [-0.1, -0.05) is 60.1 Å². The molecule has 0 unspecified atom stereocenters. The summed E-state index contributed by atoms with van der Waals surface area (Å²) in [5.74, 6) is -0.552. The Kier molecular flexibility index (Phi) is 6.28. The first-order valence-electron chi connectivity index (χ1n) is 9.88. The van der Waals surface area contributed by atoms with E-state index in [2.05, 4.69) is 10.4 Å². The van der Waals surface area contributed by atoms with Crippen LogP contribution in [0.15, 0.2) is 85.2 Å². The van der Waals surface area contributed by atoms with Crippen molar-refractivity contribution in [1.82, 2.24) is 15.1 Å². The zero-order valence-corrected chi connectivity index (χ0v) is 17.7. The van der Waals surface area contributed by atoms with Crippen molar-refractivity contribution in [2.24, 2.45) is 0 Å². The molecule has 0 aliphatic heterocycles. The van der Waals surface area contributed by atoms with Gasteiger partial charge in [-0.25, -0.2) is 0 Å². The second kappa shape index (κ2) is 9.45. The van der Waals surface area contributed by atoms with Crippen LogP contribution in [-0.4, -0.2) is 20.6 Å². The number of hydrogen-bond donors (Lipinski definition) is 1. The largest absolute Gasteiger partial charge is 0.348 e. The van der Waals surface area contributed by atoms with Crippen molar-refractivity contribution in [2.45, 2.75) is 13.1 Å². The van der Waals surface area contributed by atoms with Gasteiger partial charge in [0.25, 0.3) is 11.6 Å². The van der Waals surface area contributed by atoms with E-state index >= 15 is 0 Å². The second-order valence-corrected chi connectivity index (χ2v) is 7.60. The number of hydrogen-bond acceptors (Lipinski definition) is 4. The molecule has 0 saturated carbocycles. The van der Waals surface area contributed by atoms with Crippen molar-refractivity contribution in [3.05, 3.63) is 117 Å². The third-order valence-corrected chi connectivity index (χ3v) is 5.26. The van der Waals surface area contributed by atoms with Crippen molar-refractivity contribution in [1.29, 1.82) is 0 Å². The maximum absolute atomic E-state index is 12.7. The van der Waals surface area contributed by atoms with Crippen LogP contribution in [0.1, 0.15) is 21.5 Å². The number of nitro groups is 1. The van der Waals surface area contributed by atoms with Crippen LogP contribution in [0.25, 0.3) is 11.1 Å². The number of nitrogens with one attached hydrogen (secondary N) is 1. The standard InChI is InChI=1S/C24H19ClN4O3/c25-20-10-11-23(29(31)32)22(14-20)24(30)26-15-19-4-1-2-5-21(19)18-8-6-17(7-9-18)16-28-13-3-12-27-28/h1-14H,15-16H2,(H,26,30). The van der Waals surface area contributed by atoms with E-state index in [0.29, 0.717) is 6.54 Å². The summed E-state index contributed by atoms with van der Waals surface area (Å²) in [6, 6.07) is 21.7. The first-order valence-corrected chi connectivity index (χ1v) is 10.3. The molecule has 0 aliphatic carbocycles. The number of aromatic nitrogens is 2. The first-order chi connectivity index (χ1) is 15.5. The van der Waals surface area contributed by atoms with Crippen molar-refractivity contribution >= 4 is 23.2 Å². The summed E-state index contributed by atoms with van der Waals surface area (Å²) in [4.78, 5) is 23.3. The molecule has 1 amide bonds. The predicted molar refractivity (Wildman–Crippen MR) is 122 cm³/mol. The molecular weight excluding hydrogens is 428 g/mol. The molecule has 1 N–H and O–H groups in total. The Morgan fingerprint density at radius 3 is 2.56 bits per heavy atom. The highest BCUT2D eigenvalue weighted by Gasteiger charge is 2.20. The van der Waals surface area contributed by atoms with E-state index in [4.69, 9.17) is 11.6 Å². The summed E-state index contributed by atoms with van der Waals surface area (Å²) in [5, 5.41) is 18.5. The Balaban J connectivity index is 1.51. The summed E-state index contributed by atoms with van der Waals surface area (Å²) in [7, 11) is 0. The molecule has 4 aromatic rings. The number of carbonyl (C=O) groups excluding carboxylic acids is 1. The lowest BCUT2D eigenvalue weighted by Crippen LogP contribution is -2.24. The summed E-state index contributed by atoms with van der Waals surface area (Å²) >= 11 is 5.94. The van der Waals surface area contributed by atoms with E-state index in [9.17, 15) is 14.9 Å². The van der Waals surface area contributed by atoms with E-state index in [-0.39, 0.29) is 22.8 Å². The fourth-order valence-electron chi connectivity index (χ4n) is 3.45. The van der Waals surface area contributed by atoms with Crippen LogP contribution in [0.2, 0.25) is 5.02 Å². The summed E-state index contributed by atoms with van der Waals surface area (Å²) in [6.45, 7) is 0.900. The molecule has 3 aromatic carbocycles. The highest BCUT2D eigenvalue weighted by molar-refractivity contribution is 6.31. The quantitative estimate of drug-likeness (QED) is 0.316. The molecule has 32 heavy (non-hydrogen) atoms. The zero-order valence-electron chi connectivity index (χ0n) is 16.9. The molecule has 1 heterocycles. The van der Waals surface area contributed by atoms with Crippen LogP contribution in [-0.2, 0) is 13.1 Å². The first kappa shape index (κ1) is 21.3. The number of halogens is 1. The van der Waals surface area contributed by atoms with Gasteiger partial charge in [-0.2, -0.15) is 5.10 Å². The Bertz CT molecular complexity index is 1250. The fourth-order valence-corrected chi connectivity index (χ4v) is 3.62. The topological polar surface area (TPSA) is 90.1 Å². The Morgan fingerprint density at radius 1 is 1.06 bits per heavy atom. The van der Waals surface area contributed by atoms with Gasteiger partial charge in [-0.3, -0.25) is 19.6 Å². The molecule has 8 heteroatoms. The number of amides is 1. The maximum Gasteiger partial charge on any atom is 0.282 e. The minimum atomic E-state index is -0.593. The average molecular weight is 447 g/mol. The molecular formula is C24H19ClN4O3. The number of carbonyl (C=O) groups is 1. The average Bonchev–Trinajstić information content (AvgIpc) is 3.31. The Morgan fingerprint density at radius 2 is 1.84 bits per heavy atom. The molecule has 4 rings (SSSR count). The molecule has 7 nitrogen and oxygen atoms in total. The van der Waals surface area contributed by atoms with Gasteiger partial charge in [0.1, 0.15) is 5.56 Å². The summed E-state index contributed by atoms with van der Waals surface area (Å²) < 4.78 is 1.85. The van der Waals surface area contributed by atoms with Crippen LogP contribution < -0.4 is 5.32 Å². The van der Waals surface area contributed by atoms with E-state index in [1.165, 1.54) is 18.2 Å². The lowest BCUT2D eigenvalue weighted by molar-refractivity contribution is -0.385. The number of rotatable bonds is 7. The Labute approximate surface area is 189 Å². The van der Waals surface area contributed by atoms with Crippen LogP contribution >= 0.6 is 11.6 Å². The van der Waals surface area contributed by atoms with Gasteiger partial charge in [-0.05, 0) is 40.5 Å². The lowest BCUT2D eigenvalue weighted by Gasteiger charge is -2.12. The Hall–Kier alpha value is -3.97. The van der Waals surface area contributed by atoms with E-state index < -0.39 is 10.8 Å². The smallest absolute Gasteiger partial charge is 0.282 e. The molecule has 0 radical (unpaired) electrons. The van der Waals surface area contributed by atoms with Crippen molar-refractivity contribution in [3.63, 3.8) is 0 Å². The molecule has 0 atom stereocenters. The molecule has 0 spiro atoms. The van der Waals surface area contributed by atoms with E-state index in [1.54, 1.807) is 6.20 Å². The SMILES string of the molecule is O=C(NCc1ccccc1-c1ccc(Cn2cccn2)cc1)c1cc(Cl)ccc1[N+](=O)[O-]. The van der Waals surface area contributed by atoms with Gasteiger partial charge >= 0.3 is 0 Å². The van der Waals surface area contributed by atoms with Crippen LogP contribution in [0.5, 0.6) is 0 Å². The highest BCUT2D eigenvalue weighted by Crippen LogP contribution is 2.26. The second-order valence-electron chi connectivity index (χ2n) is 7.16. The normalized spacial score (nSPS) is 10.7. The molecule has 0 fully saturated rings. The van der Waals surface area contributed by atoms with Gasteiger partial charge < -0.3 is 5.32 Å². The van der Waals surface area contributed by atoms with Gasteiger partial charge in [-0.15, -0.1) is 0 Å². The summed E-state index contributed by atoms with van der Waals surface area (Å²) in [6.07, 6.45) is 3.66. The number of nitrogens with zero attached hydrogens (tertiary/aromatic N) is 3. The van der Waals surface area contributed by atoms with Crippen molar-refractivity contribution in [2.75, 3.05) is 0 Å². The molecule has 0 bridgehead atoms. The molecule has 1 aromatic heterocycles. The predicted octanol–water partition coefficient (Wildman–Crippen LogP) is 5.09. The third kappa shape index (κ3) is 4.84. The minimum Gasteiger partial charge on any atom is -0.348 e. The minimum absolute atomic E-state index is 0.0667. The molecule has 160 valence electrons.